The van der Waals surface area contributed by atoms with Crippen LogP contribution in [0.25, 0.3) is 55.3 Å². The molecule has 1 saturated carbocycles. The third-order valence-electron chi connectivity index (χ3n) is 13.6. The molecule has 4 aromatic carbocycles. The van der Waals surface area contributed by atoms with Gasteiger partial charge in [0.05, 0.1) is 49.2 Å². The summed E-state index contributed by atoms with van der Waals surface area (Å²) in [6, 6.07) is 26.1. The molecule has 2 aromatic heterocycles. The molecule has 2 saturated heterocycles. The fourth-order valence-electron chi connectivity index (χ4n) is 10.2. The lowest BCUT2D eigenvalue weighted by molar-refractivity contribution is -0.139. The molecule has 9 rings (SSSR count). The van der Waals surface area contributed by atoms with Crippen LogP contribution in [0.3, 0.4) is 0 Å². The van der Waals surface area contributed by atoms with E-state index in [0.717, 1.165) is 99.1 Å². The normalized spacial score (nSPS) is 20.3. The van der Waals surface area contributed by atoms with Crippen molar-refractivity contribution in [3.8, 4) is 33.5 Å². The van der Waals surface area contributed by atoms with Crippen LogP contribution in [0.2, 0.25) is 0 Å². The number of fused-ring (bicyclic) bond motifs is 4. The number of hydrogen-bond acceptors (Lipinski definition) is 8. The minimum atomic E-state index is -0.688. The van der Waals surface area contributed by atoms with E-state index in [-0.39, 0.29) is 41.8 Å². The van der Waals surface area contributed by atoms with Crippen LogP contribution in [0.5, 0.6) is 0 Å². The second-order valence-electron chi connectivity index (χ2n) is 18.2. The maximum absolute atomic E-state index is 14.0. The zero-order chi connectivity index (χ0) is 44.8. The van der Waals surface area contributed by atoms with Gasteiger partial charge in [-0.05, 0) is 107 Å². The van der Waals surface area contributed by atoms with E-state index >= 15 is 0 Å². The van der Waals surface area contributed by atoms with Crippen LogP contribution < -0.4 is 10.6 Å². The van der Waals surface area contributed by atoms with Gasteiger partial charge in [-0.25, -0.2) is 19.6 Å². The number of carbonyl (C=O) groups is 4. The first-order valence-electron chi connectivity index (χ1n) is 22.4. The molecule has 14 nitrogen and oxygen atoms in total. The zero-order valence-electron chi connectivity index (χ0n) is 37.2. The van der Waals surface area contributed by atoms with Crippen molar-refractivity contribution < 1.29 is 28.7 Å². The molecule has 3 fully saturated rings. The summed E-state index contributed by atoms with van der Waals surface area (Å²) in [6.07, 6.45) is 5.17. The Morgan fingerprint density at radius 2 is 1.28 bits per heavy atom. The van der Waals surface area contributed by atoms with Crippen molar-refractivity contribution in [2.24, 2.45) is 17.8 Å². The average molecular weight is 865 g/mol. The second-order valence-corrected chi connectivity index (χ2v) is 18.2. The molecular formula is C50H56N8O6. The van der Waals surface area contributed by atoms with Gasteiger partial charge in [-0.3, -0.25) is 9.59 Å². The first-order chi connectivity index (χ1) is 30.9. The number of aromatic nitrogens is 4. The van der Waals surface area contributed by atoms with Crippen molar-refractivity contribution in [1.29, 1.82) is 0 Å². The SMILES string of the molecule is COC(=O)N[C@H](C(=O)N1CCC[C@H]1c1ncc(-c2ccc3cc(-c4ccc(-c5ccc6nc([C@@H]7[C@H]8CC[C@H](C8)N7C(=O)[C@@H](NC(=O)OC)C(C)C)[nH]c6c5)cc4)ccc3c2)[nH]1)C(C)C. The Bertz CT molecular complexity index is 2720. The summed E-state index contributed by atoms with van der Waals surface area (Å²) in [5.41, 5.74) is 8.01. The lowest BCUT2D eigenvalue weighted by Gasteiger charge is -2.37. The number of imidazole rings is 2. The predicted molar refractivity (Wildman–Crippen MR) is 245 cm³/mol. The Balaban J connectivity index is 0.892. The predicted octanol–water partition coefficient (Wildman–Crippen LogP) is 8.92. The summed E-state index contributed by atoms with van der Waals surface area (Å²) in [6.45, 7) is 8.28. The van der Waals surface area contributed by atoms with Crippen molar-refractivity contribution in [3.05, 3.63) is 96.7 Å². The third-order valence-corrected chi connectivity index (χ3v) is 13.6. The van der Waals surface area contributed by atoms with E-state index in [1.165, 1.54) is 14.2 Å². The number of carbonyl (C=O) groups excluding carboxylic acids is 4. The van der Waals surface area contributed by atoms with Crippen molar-refractivity contribution in [3.63, 3.8) is 0 Å². The van der Waals surface area contributed by atoms with Crippen molar-refractivity contribution in [2.75, 3.05) is 20.8 Å². The molecule has 6 aromatic rings. The Hall–Kier alpha value is -6.70. The molecule has 1 aliphatic carbocycles. The minimum Gasteiger partial charge on any atom is -0.453 e. The number of alkyl carbamates (subject to hydrolysis) is 2. The molecule has 4 N–H and O–H groups in total. The summed E-state index contributed by atoms with van der Waals surface area (Å²) >= 11 is 0. The number of benzene rings is 4. The standard InChI is InChI=1S/C50H56N8O6/c1-27(2)42(55-49(61)63-5)47(59)57-21-7-8-41(57)45-51-26-40(54-45)35-16-15-32-22-31(13-14-33(32)23-35)29-9-11-30(12-10-29)34-18-20-38-39(25-34)53-46(52-38)44-36-17-19-37(24-36)58(44)48(60)43(28(3)4)56-50(62)64-6/h9-16,18,20,22-23,25-28,36-37,41-44H,7-8,17,19,21,24H2,1-6H3,(H,51,54)(H,52,53)(H,55,61)(H,56,62)/t36-,37+,41-,42-,43-,44-/m0/s1. The fraction of sp³-hybridized carbons (Fsp3) is 0.400. The molecule has 6 atom stereocenters. The number of amides is 4. The molecule has 14 heteroatoms. The number of nitrogens with zero attached hydrogens (tertiary/aromatic N) is 4. The van der Waals surface area contributed by atoms with Crippen molar-refractivity contribution in [2.45, 2.75) is 90.0 Å². The van der Waals surface area contributed by atoms with Gasteiger partial charge in [0.1, 0.15) is 23.7 Å². The number of H-pyrrole nitrogens is 2. The fourth-order valence-corrected chi connectivity index (χ4v) is 10.2. The second kappa shape index (κ2) is 17.5. The lowest BCUT2D eigenvalue weighted by atomic mass is 9.95. The van der Waals surface area contributed by atoms with E-state index in [9.17, 15) is 19.2 Å². The number of ether oxygens (including phenoxy) is 2. The number of hydrogen-bond donors (Lipinski definition) is 4. The van der Waals surface area contributed by atoms with Crippen LogP contribution in [-0.4, -0.2) is 92.6 Å². The number of nitrogens with one attached hydrogen (secondary N) is 4. The van der Waals surface area contributed by atoms with Crippen LogP contribution in [0.15, 0.2) is 85.1 Å². The number of aromatic amines is 2. The van der Waals surface area contributed by atoms with Gasteiger partial charge >= 0.3 is 12.2 Å². The molecule has 332 valence electrons. The zero-order valence-corrected chi connectivity index (χ0v) is 37.2. The van der Waals surface area contributed by atoms with E-state index in [1.807, 2.05) is 49.8 Å². The van der Waals surface area contributed by atoms with Crippen LogP contribution in [-0.2, 0) is 19.1 Å². The maximum atomic E-state index is 14.0. The molecule has 4 heterocycles. The topological polar surface area (TPSA) is 175 Å². The molecule has 3 aliphatic rings. The summed E-state index contributed by atoms with van der Waals surface area (Å²) in [5.74, 6) is 1.41. The van der Waals surface area contributed by atoms with Gasteiger partial charge in [0.25, 0.3) is 0 Å². The molecule has 2 bridgehead atoms. The largest absolute Gasteiger partial charge is 0.453 e. The number of piperidine rings is 1. The quantitative estimate of drug-likeness (QED) is 0.0999. The molecular weight excluding hydrogens is 809 g/mol. The monoisotopic (exact) mass is 864 g/mol. The van der Waals surface area contributed by atoms with Gasteiger partial charge in [-0.1, -0.05) is 82.3 Å². The summed E-state index contributed by atoms with van der Waals surface area (Å²) in [7, 11) is 2.61. The van der Waals surface area contributed by atoms with Gasteiger partial charge < -0.3 is 39.9 Å². The number of methoxy groups -OCH3 is 2. The molecule has 64 heavy (non-hydrogen) atoms. The highest BCUT2D eigenvalue weighted by Crippen LogP contribution is 2.50. The van der Waals surface area contributed by atoms with Crippen molar-refractivity contribution >= 4 is 45.8 Å². The summed E-state index contributed by atoms with van der Waals surface area (Å²) < 4.78 is 9.62. The third kappa shape index (κ3) is 8.05. The Kier molecular flexibility index (Phi) is 11.6. The van der Waals surface area contributed by atoms with E-state index in [1.54, 1.807) is 0 Å². The van der Waals surface area contributed by atoms with Gasteiger partial charge in [-0.15, -0.1) is 0 Å². The lowest BCUT2D eigenvalue weighted by Crippen LogP contribution is -2.54. The van der Waals surface area contributed by atoms with Crippen molar-refractivity contribution in [1.82, 2.24) is 40.4 Å². The Morgan fingerprint density at radius 1 is 0.688 bits per heavy atom. The molecule has 0 radical (unpaired) electrons. The molecule has 0 unspecified atom stereocenters. The maximum Gasteiger partial charge on any atom is 0.407 e. The Morgan fingerprint density at radius 3 is 1.94 bits per heavy atom. The van der Waals surface area contributed by atoms with Gasteiger partial charge in [0.15, 0.2) is 0 Å². The number of likely N-dealkylation sites (tertiary alicyclic amines) is 2. The summed E-state index contributed by atoms with van der Waals surface area (Å²) in [5, 5.41) is 7.70. The first kappa shape index (κ1) is 42.6. The van der Waals surface area contributed by atoms with Crippen LogP contribution in [0.1, 0.15) is 83.5 Å². The summed E-state index contributed by atoms with van der Waals surface area (Å²) in [4.78, 5) is 72.5. The number of rotatable bonds is 11. The van der Waals surface area contributed by atoms with E-state index in [4.69, 9.17) is 19.4 Å². The van der Waals surface area contributed by atoms with Gasteiger partial charge in [0, 0.05) is 18.2 Å². The highest BCUT2D eigenvalue weighted by Gasteiger charge is 2.51. The smallest absolute Gasteiger partial charge is 0.407 e. The van der Waals surface area contributed by atoms with E-state index < -0.39 is 24.3 Å². The molecule has 0 spiro atoms. The Labute approximate surface area is 372 Å². The minimum absolute atomic E-state index is 0.0877. The van der Waals surface area contributed by atoms with Crippen LogP contribution in [0, 0.1) is 17.8 Å². The average Bonchev–Trinajstić information content (AvgIpc) is 4.17. The highest BCUT2D eigenvalue weighted by atomic mass is 16.5. The van der Waals surface area contributed by atoms with Gasteiger partial charge in [-0.2, -0.15) is 0 Å². The molecule has 2 aliphatic heterocycles. The van der Waals surface area contributed by atoms with E-state index in [0.29, 0.717) is 12.5 Å². The van der Waals surface area contributed by atoms with E-state index in [2.05, 4.69) is 93.4 Å². The first-order valence-corrected chi connectivity index (χ1v) is 22.4. The highest BCUT2D eigenvalue weighted by molar-refractivity contribution is 5.91. The van der Waals surface area contributed by atoms with Gasteiger partial charge in [0.2, 0.25) is 11.8 Å². The van der Waals surface area contributed by atoms with Crippen LogP contribution >= 0.6 is 0 Å². The van der Waals surface area contributed by atoms with Crippen LogP contribution in [0.4, 0.5) is 9.59 Å². The molecule has 4 amide bonds.